The Balaban J connectivity index is 2.22. The summed E-state index contributed by atoms with van der Waals surface area (Å²) in [6, 6.07) is 3.90. The van der Waals surface area contributed by atoms with E-state index in [1.54, 1.807) is 6.07 Å². The monoisotopic (exact) mass is 293 g/mol. The third kappa shape index (κ3) is 3.55. The molecule has 1 aliphatic heterocycles. The molecule has 1 unspecified atom stereocenters. The molecule has 118 valence electrons. The zero-order chi connectivity index (χ0) is 15.6. The lowest BCUT2D eigenvalue weighted by molar-refractivity contribution is 0.220. The van der Waals surface area contributed by atoms with Crippen LogP contribution in [0.1, 0.15) is 43.9 Å². The van der Waals surface area contributed by atoms with E-state index in [1.165, 1.54) is 0 Å². The topological polar surface area (TPSA) is 32.5 Å². The van der Waals surface area contributed by atoms with Crippen LogP contribution < -0.4 is 10.6 Å². The summed E-state index contributed by atoms with van der Waals surface area (Å²) >= 11 is 0. The predicted octanol–water partition coefficient (Wildman–Crippen LogP) is 3.07. The molecule has 3 nitrogen and oxygen atoms in total. The van der Waals surface area contributed by atoms with Crippen LogP contribution in [0.4, 0.5) is 10.1 Å². The van der Waals surface area contributed by atoms with E-state index in [4.69, 9.17) is 5.73 Å². The molecule has 0 bridgehead atoms. The molecule has 1 aliphatic rings. The molecule has 21 heavy (non-hydrogen) atoms. The highest BCUT2D eigenvalue weighted by Gasteiger charge is 2.24. The van der Waals surface area contributed by atoms with Crippen LogP contribution in [0.2, 0.25) is 0 Å². The average molecular weight is 293 g/mol. The van der Waals surface area contributed by atoms with Crippen molar-refractivity contribution >= 4 is 5.69 Å². The van der Waals surface area contributed by atoms with Gasteiger partial charge in [-0.2, -0.15) is 0 Å². The minimum absolute atomic E-state index is 0.159. The van der Waals surface area contributed by atoms with Gasteiger partial charge in [0.25, 0.3) is 0 Å². The molecule has 0 saturated carbocycles. The van der Waals surface area contributed by atoms with Gasteiger partial charge in [0.2, 0.25) is 0 Å². The Morgan fingerprint density at radius 2 is 2.00 bits per heavy atom. The van der Waals surface area contributed by atoms with E-state index >= 15 is 0 Å². The molecular weight excluding hydrogens is 265 g/mol. The fourth-order valence-electron chi connectivity index (χ4n) is 3.17. The Morgan fingerprint density at radius 1 is 1.38 bits per heavy atom. The summed E-state index contributed by atoms with van der Waals surface area (Å²) in [5, 5.41) is 0. The number of hydrogen-bond donors (Lipinski definition) is 1. The third-order valence-corrected chi connectivity index (χ3v) is 4.73. The number of benzene rings is 1. The van der Waals surface area contributed by atoms with Crippen molar-refractivity contribution in [2.45, 2.75) is 45.7 Å². The first kappa shape index (κ1) is 16.2. The second kappa shape index (κ2) is 6.75. The van der Waals surface area contributed by atoms with Crippen LogP contribution in [0.3, 0.4) is 0 Å². The Kier molecular flexibility index (Phi) is 5.22. The molecule has 0 aliphatic carbocycles. The van der Waals surface area contributed by atoms with Gasteiger partial charge in [0.1, 0.15) is 5.82 Å². The first-order valence-electron chi connectivity index (χ1n) is 7.94. The van der Waals surface area contributed by atoms with E-state index in [0.29, 0.717) is 11.6 Å². The summed E-state index contributed by atoms with van der Waals surface area (Å²) in [4.78, 5) is 4.78. The van der Waals surface area contributed by atoms with E-state index in [0.717, 1.165) is 43.7 Å². The van der Waals surface area contributed by atoms with Crippen molar-refractivity contribution in [3.05, 3.63) is 29.1 Å². The van der Waals surface area contributed by atoms with Crippen LogP contribution in [0.25, 0.3) is 0 Å². The molecule has 0 spiro atoms. The second-order valence-electron chi connectivity index (χ2n) is 6.23. The highest BCUT2D eigenvalue weighted by Crippen LogP contribution is 2.31. The number of likely N-dealkylation sites (tertiary alicyclic amines) is 1. The molecular formula is C17H28FN3. The molecule has 2 rings (SSSR count). The molecule has 0 aromatic heterocycles. The molecule has 1 atom stereocenters. The summed E-state index contributed by atoms with van der Waals surface area (Å²) in [5.74, 6) is -0.166. The molecule has 1 heterocycles. The summed E-state index contributed by atoms with van der Waals surface area (Å²) in [6.45, 7) is 9.34. The van der Waals surface area contributed by atoms with Gasteiger partial charge in [-0.3, -0.25) is 0 Å². The minimum atomic E-state index is -0.166. The fraction of sp³-hybridized carbons (Fsp3) is 0.647. The summed E-state index contributed by atoms with van der Waals surface area (Å²) in [5.41, 5.74) is 8.71. The largest absolute Gasteiger partial charge is 0.371 e. The van der Waals surface area contributed by atoms with Crippen LogP contribution in [-0.4, -0.2) is 37.6 Å². The van der Waals surface area contributed by atoms with E-state index in [9.17, 15) is 4.39 Å². The Bertz CT molecular complexity index is 479. The predicted molar refractivity (Wildman–Crippen MR) is 87.3 cm³/mol. The maximum Gasteiger partial charge on any atom is 0.126 e. The molecule has 1 aromatic carbocycles. The number of nitrogens with zero attached hydrogens (tertiary/aromatic N) is 2. The number of nitrogens with two attached hydrogens (primary N) is 1. The lowest BCUT2D eigenvalue weighted by atomic mass is 9.98. The second-order valence-corrected chi connectivity index (χ2v) is 6.23. The van der Waals surface area contributed by atoms with Crippen molar-refractivity contribution in [1.29, 1.82) is 0 Å². The molecule has 1 aromatic rings. The van der Waals surface area contributed by atoms with E-state index in [-0.39, 0.29) is 11.9 Å². The quantitative estimate of drug-likeness (QED) is 0.926. The highest BCUT2D eigenvalue weighted by molar-refractivity contribution is 5.57. The van der Waals surface area contributed by atoms with Crippen molar-refractivity contribution in [1.82, 2.24) is 4.90 Å². The molecule has 4 heteroatoms. The van der Waals surface area contributed by atoms with Gasteiger partial charge in [-0.25, -0.2) is 4.39 Å². The van der Waals surface area contributed by atoms with Gasteiger partial charge < -0.3 is 15.5 Å². The van der Waals surface area contributed by atoms with Crippen molar-refractivity contribution in [2.75, 3.05) is 31.6 Å². The van der Waals surface area contributed by atoms with E-state index < -0.39 is 0 Å². The van der Waals surface area contributed by atoms with Crippen LogP contribution >= 0.6 is 0 Å². The average Bonchev–Trinajstić information content (AvgIpc) is 2.48. The number of halogens is 1. The molecule has 2 N–H and O–H groups in total. The number of aryl methyl sites for hydroxylation is 1. The van der Waals surface area contributed by atoms with Crippen LogP contribution in [0.15, 0.2) is 12.1 Å². The van der Waals surface area contributed by atoms with Crippen molar-refractivity contribution < 1.29 is 4.39 Å². The summed E-state index contributed by atoms with van der Waals surface area (Å²) in [6.07, 6.45) is 2.30. The highest BCUT2D eigenvalue weighted by atomic mass is 19.1. The maximum absolute atomic E-state index is 13.8. The van der Waals surface area contributed by atoms with Gasteiger partial charge in [-0.05, 0) is 56.5 Å². The molecule has 1 saturated heterocycles. The zero-order valence-electron chi connectivity index (χ0n) is 13.7. The maximum atomic E-state index is 13.8. The smallest absolute Gasteiger partial charge is 0.126 e. The van der Waals surface area contributed by atoms with Crippen LogP contribution in [-0.2, 0) is 0 Å². The summed E-state index contributed by atoms with van der Waals surface area (Å²) in [7, 11) is 2.12. The number of hydrogen-bond acceptors (Lipinski definition) is 3. The van der Waals surface area contributed by atoms with Crippen molar-refractivity contribution in [3.63, 3.8) is 0 Å². The lowest BCUT2D eigenvalue weighted by Crippen LogP contribution is -2.43. The van der Waals surface area contributed by atoms with Gasteiger partial charge in [-0.15, -0.1) is 0 Å². The lowest BCUT2D eigenvalue weighted by Gasteiger charge is -2.38. The molecule has 0 amide bonds. The van der Waals surface area contributed by atoms with Crippen LogP contribution in [0, 0.1) is 12.7 Å². The van der Waals surface area contributed by atoms with Gasteiger partial charge in [0.05, 0.1) is 0 Å². The zero-order valence-corrected chi connectivity index (χ0v) is 13.7. The van der Waals surface area contributed by atoms with Crippen molar-refractivity contribution in [3.8, 4) is 0 Å². The number of piperidine rings is 1. The van der Waals surface area contributed by atoms with Gasteiger partial charge in [-0.1, -0.05) is 6.92 Å². The van der Waals surface area contributed by atoms with Crippen LogP contribution in [0.5, 0.6) is 0 Å². The Labute approximate surface area is 127 Å². The normalized spacial score (nSPS) is 18.8. The minimum Gasteiger partial charge on any atom is -0.371 e. The van der Waals surface area contributed by atoms with Gasteiger partial charge >= 0.3 is 0 Å². The first-order valence-corrected chi connectivity index (χ1v) is 7.94. The third-order valence-electron chi connectivity index (χ3n) is 4.73. The Hall–Kier alpha value is -1.13. The number of anilines is 1. The SMILES string of the molecule is CCN1CCC(N(C)c2cc(C)c(F)cc2C(C)N)CC1. The molecule has 1 fully saturated rings. The van der Waals surface area contributed by atoms with Gasteiger partial charge in [0.15, 0.2) is 0 Å². The van der Waals surface area contributed by atoms with E-state index in [2.05, 4.69) is 23.8 Å². The molecule has 0 radical (unpaired) electrons. The van der Waals surface area contributed by atoms with E-state index in [1.807, 2.05) is 19.9 Å². The summed E-state index contributed by atoms with van der Waals surface area (Å²) < 4.78 is 13.8. The first-order chi connectivity index (χ1) is 9.93. The number of rotatable bonds is 4. The van der Waals surface area contributed by atoms with Gasteiger partial charge in [0, 0.05) is 37.9 Å². The van der Waals surface area contributed by atoms with Crippen molar-refractivity contribution in [2.24, 2.45) is 5.73 Å². The fourth-order valence-corrected chi connectivity index (χ4v) is 3.17. The standard InChI is InChI=1S/C17H28FN3/c1-5-21-8-6-14(7-9-21)20(4)17-10-12(2)16(18)11-15(17)13(3)19/h10-11,13-14H,5-9,19H2,1-4H3. The Morgan fingerprint density at radius 3 is 2.52 bits per heavy atom.